The molecule has 5 nitrogen and oxygen atoms in total. The van der Waals surface area contributed by atoms with Crippen LogP contribution >= 0.6 is 11.6 Å². The number of carbonyl (C=O) groups is 1. The van der Waals surface area contributed by atoms with Crippen molar-refractivity contribution in [3.8, 4) is 5.75 Å². The van der Waals surface area contributed by atoms with Crippen molar-refractivity contribution in [3.63, 3.8) is 0 Å². The van der Waals surface area contributed by atoms with E-state index in [0.717, 1.165) is 68.1 Å². The van der Waals surface area contributed by atoms with E-state index < -0.39 is 0 Å². The van der Waals surface area contributed by atoms with Gasteiger partial charge in [-0.05, 0) is 97.0 Å². The molecule has 6 heteroatoms. The van der Waals surface area contributed by atoms with Gasteiger partial charge in [0.05, 0.1) is 5.56 Å². The van der Waals surface area contributed by atoms with E-state index in [9.17, 15) is 4.79 Å². The summed E-state index contributed by atoms with van der Waals surface area (Å²) >= 11 is 6.20. The van der Waals surface area contributed by atoms with Crippen molar-refractivity contribution in [2.45, 2.75) is 40.0 Å². The first-order chi connectivity index (χ1) is 20.2. The number of nitrogens with one attached hydrogen (secondary N) is 1. The van der Waals surface area contributed by atoms with Crippen molar-refractivity contribution in [1.82, 2.24) is 10.2 Å². The number of benzene rings is 2. The topological polar surface area (TPSA) is 44.8 Å². The Kier molecular flexibility index (Phi) is 10.9. The number of aldehydes is 1. The van der Waals surface area contributed by atoms with E-state index in [1.54, 1.807) is 11.6 Å². The highest BCUT2D eigenvalue weighted by Crippen LogP contribution is 2.43. The van der Waals surface area contributed by atoms with E-state index in [2.05, 4.69) is 47.7 Å². The molecule has 222 valence electrons. The fraction of sp³-hybridized carbons (Fsp3) is 0.361. The van der Waals surface area contributed by atoms with Crippen LogP contribution in [0.4, 0.5) is 5.69 Å². The molecule has 1 saturated heterocycles. The normalized spacial score (nSPS) is 18.4. The van der Waals surface area contributed by atoms with Gasteiger partial charge in [-0.3, -0.25) is 9.69 Å². The third-order valence-electron chi connectivity index (χ3n) is 8.15. The molecular formula is C36H44ClN3O2. The minimum atomic E-state index is 0.309. The van der Waals surface area contributed by atoms with E-state index in [1.165, 1.54) is 17.6 Å². The highest BCUT2D eigenvalue weighted by molar-refractivity contribution is 6.30. The standard InChI is InChI=1S/C36H44ClN3O2/c1-6-27(15-17-38-5)22-33(7-2)42-35-23-32(13-10-30(35)26-41)40-20-18-39(19-21-40)25-29-14-16-36(3,4)24-34(29)28-8-11-31(37)12-9-28/h6-13,15,17,22-23,26,38H,1,14,16,18-21,24-25H2,2-5H3/b17-15-,27-22+,33-7+. The van der Waals surface area contributed by atoms with E-state index >= 15 is 0 Å². The van der Waals surface area contributed by atoms with Gasteiger partial charge >= 0.3 is 0 Å². The summed E-state index contributed by atoms with van der Waals surface area (Å²) in [5.41, 5.74) is 7.15. The van der Waals surface area contributed by atoms with Gasteiger partial charge in [-0.2, -0.15) is 0 Å². The summed E-state index contributed by atoms with van der Waals surface area (Å²) < 4.78 is 6.23. The molecule has 0 amide bonds. The van der Waals surface area contributed by atoms with E-state index in [0.29, 0.717) is 22.5 Å². The third-order valence-corrected chi connectivity index (χ3v) is 8.41. The van der Waals surface area contributed by atoms with Crippen molar-refractivity contribution in [2.24, 2.45) is 5.41 Å². The molecular weight excluding hydrogens is 542 g/mol. The molecule has 0 aromatic heterocycles. The maximum atomic E-state index is 11.8. The number of ether oxygens (including phenoxy) is 1. The van der Waals surface area contributed by atoms with Gasteiger partial charge in [-0.25, -0.2) is 0 Å². The second kappa shape index (κ2) is 14.6. The Morgan fingerprint density at radius 2 is 1.86 bits per heavy atom. The van der Waals surface area contributed by atoms with Gasteiger partial charge in [0.25, 0.3) is 0 Å². The van der Waals surface area contributed by atoms with Crippen LogP contribution in [0.25, 0.3) is 5.57 Å². The third kappa shape index (κ3) is 8.27. The maximum absolute atomic E-state index is 11.8. The Balaban J connectivity index is 1.46. The molecule has 0 spiro atoms. The molecule has 0 unspecified atom stereocenters. The minimum Gasteiger partial charge on any atom is -0.457 e. The molecule has 0 bridgehead atoms. The van der Waals surface area contributed by atoms with Gasteiger partial charge in [0.15, 0.2) is 6.29 Å². The zero-order chi connectivity index (χ0) is 30.1. The summed E-state index contributed by atoms with van der Waals surface area (Å²) in [7, 11) is 1.85. The van der Waals surface area contributed by atoms with Crippen LogP contribution in [-0.2, 0) is 0 Å². The molecule has 4 rings (SSSR count). The summed E-state index contributed by atoms with van der Waals surface area (Å²) in [6.07, 6.45) is 13.6. The van der Waals surface area contributed by atoms with Crippen LogP contribution in [0.2, 0.25) is 5.02 Å². The predicted molar refractivity (Wildman–Crippen MR) is 177 cm³/mol. The Morgan fingerprint density at radius 1 is 1.12 bits per heavy atom. The van der Waals surface area contributed by atoms with E-state index in [4.69, 9.17) is 16.3 Å². The van der Waals surface area contributed by atoms with Crippen molar-refractivity contribution in [3.05, 3.63) is 113 Å². The minimum absolute atomic E-state index is 0.309. The van der Waals surface area contributed by atoms with Crippen LogP contribution in [0.3, 0.4) is 0 Å². The van der Waals surface area contributed by atoms with E-state index in [1.807, 2.05) is 68.7 Å². The lowest BCUT2D eigenvalue weighted by Gasteiger charge is -2.39. The molecule has 1 fully saturated rings. The fourth-order valence-corrected chi connectivity index (χ4v) is 5.75. The lowest BCUT2D eigenvalue weighted by Crippen LogP contribution is -2.47. The van der Waals surface area contributed by atoms with Crippen molar-refractivity contribution in [2.75, 3.05) is 44.7 Å². The summed E-state index contributed by atoms with van der Waals surface area (Å²) in [5, 5.41) is 3.77. The van der Waals surface area contributed by atoms with Crippen LogP contribution < -0.4 is 15.0 Å². The molecule has 42 heavy (non-hydrogen) atoms. The molecule has 1 aliphatic heterocycles. The number of hydrogen-bond donors (Lipinski definition) is 1. The first kappa shape index (κ1) is 31.4. The molecule has 1 heterocycles. The quantitative estimate of drug-likeness (QED) is 0.164. The largest absolute Gasteiger partial charge is 0.457 e. The average Bonchev–Trinajstić information content (AvgIpc) is 3.00. The molecule has 0 atom stereocenters. The van der Waals surface area contributed by atoms with Crippen molar-refractivity contribution in [1.29, 1.82) is 0 Å². The first-order valence-corrected chi connectivity index (χ1v) is 15.2. The number of halogens is 1. The molecule has 2 aromatic carbocycles. The second-order valence-corrected chi connectivity index (χ2v) is 12.2. The van der Waals surface area contributed by atoms with Crippen LogP contribution in [0.1, 0.15) is 56.0 Å². The number of carbonyl (C=O) groups excluding carboxylic acids is 1. The van der Waals surface area contributed by atoms with Crippen LogP contribution in [0.5, 0.6) is 5.75 Å². The number of piperazine rings is 1. The summed E-state index contributed by atoms with van der Waals surface area (Å²) in [6.45, 7) is 15.4. The molecule has 1 aliphatic carbocycles. The monoisotopic (exact) mass is 585 g/mol. The van der Waals surface area contributed by atoms with Gasteiger partial charge in [0.2, 0.25) is 0 Å². The lowest BCUT2D eigenvalue weighted by atomic mass is 9.72. The van der Waals surface area contributed by atoms with Crippen molar-refractivity contribution >= 4 is 29.1 Å². The predicted octanol–water partition coefficient (Wildman–Crippen LogP) is 8.07. The molecule has 0 saturated carbocycles. The van der Waals surface area contributed by atoms with Gasteiger partial charge in [0, 0.05) is 56.5 Å². The Bertz CT molecular complexity index is 1380. The smallest absolute Gasteiger partial charge is 0.153 e. The summed E-state index contributed by atoms with van der Waals surface area (Å²) in [4.78, 5) is 16.8. The van der Waals surface area contributed by atoms with Gasteiger partial charge in [0.1, 0.15) is 11.5 Å². The SMILES string of the molecule is C=CC(/C=C\NC)=C\C(=C/C)Oc1cc(N2CCN(CC3=C(c4ccc(Cl)cc4)CC(C)(C)CC3)CC2)ccc1C=O. The van der Waals surface area contributed by atoms with Crippen LogP contribution in [-0.4, -0.2) is 51.0 Å². The number of allylic oxidation sites excluding steroid dienone is 6. The zero-order valence-electron chi connectivity index (χ0n) is 25.5. The number of anilines is 1. The maximum Gasteiger partial charge on any atom is 0.153 e. The molecule has 2 aliphatic rings. The average molecular weight is 586 g/mol. The highest BCUT2D eigenvalue weighted by Gasteiger charge is 2.29. The Hall–Kier alpha value is -3.54. The summed E-state index contributed by atoms with van der Waals surface area (Å²) in [5.74, 6) is 1.20. The Morgan fingerprint density at radius 3 is 2.50 bits per heavy atom. The first-order valence-electron chi connectivity index (χ1n) is 14.8. The molecule has 0 radical (unpaired) electrons. The van der Waals surface area contributed by atoms with Gasteiger partial charge in [-0.1, -0.05) is 55.8 Å². The summed E-state index contributed by atoms with van der Waals surface area (Å²) in [6, 6.07) is 14.2. The number of nitrogens with zero attached hydrogens (tertiary/aromatic N) is 2. The molecule has 2 aromatic rings. The van der Waals surface area contributed by atoms with Crippen LogP contribution in [0.15, 0.2) is 96.5 Å². The number of rotatable bonds is 11. The lowest BCUT2D eigenvalue weighted by molar-refractivity contribution is 0.112. The Labute approximate surface area is 256 Å². The fourth-order valence-electron chi connectivity index (χ4n) is 5.62. The highest BCUT2D eigenvalue weighted by atomic mass is 35.5. The zero-order valence-corrected chi connectivity index (χ0v) is 26.2. The van der Waals surface area contributed by atoms with Crippen molar-refractivity contribution < 1.29 is 9.53 Å². The molecule has 1 N–H and O–H groups in total. The van der Waals surface area contributed by atoms with Crippen LogP contribution in [0, 0.1) is 5.41 Å². The number of hydrogen-bond acceptors (Lipinski definition) is 5. The van der Waals surface area contributed by atoms with Gasteiger partial charge in [-0.15, -0.1) is 0 Å². The second-order valence-electron chi connectivity index (χ2n) is 11.8. The van der Waals surface area contributed by atoms with Gasteiger partial charge < -0.3 is 15.0 Å². The van der Waals surface area contributed by atoms with E-state index in [-0.39, 0.29) is 0 Å².